The second-order valence-electron chi connectivity index (χ2n) is 16.6. The standard InChI is InChI=1S/C60H37N3S/c1-3-16-38(17-4-1)42-20-15-21-43(36-42)54-37-53(62-59(63-54)41-18-5-2-6-19-41)39-30-32-40(33-31-39)57-47-34-35-51-58(56(47)46-24-9-13-28-52(46)61-57)64-55-29-14-12-27-50(55)60(51)48-25-10-7-22-44(48)45-23-8-11-26-49(45)60/h1-37H. The second kappa shape index (κ2) is 14.6. The molecular formula is C60H37N3S. The Labute approximate surface area is 375 Å². The molecule has 1 aliphatic carbocycles. The monoisotopic (exact) mass is 831 g/mol. The molecule has 9 aromatic carbocycles. The first-order valence-corrected chi connectivity index (χ1v) is 22.6. The summed E-state index contributed by atoms with van der Waals surface area (Å²) < 4.78 is 0. The van der Waals surface area contributed by atoms with E-state index in [1.807, 2.05) is 30.0 Å². The van der Waals surface area contributed by atoms with Crippen molar-refractivity contribution in [3.63, 3.8) is 0 Å². The summed E-state index contributed by atoms with van der Waals surface area (Å²) >= 11 is 1.90. The molecule has 2 aliphatic rings. The number of fused-ring (bicyclic) bond motifs is 13. The molecule has 0 unspecified atom stereocenters. The van der Waals surface area contributed by atoms with Crippen LogP contribution >= 0.6 is 11.8 Å². The highest BCUT2D eigenvalue weighted by Crippen LogP contribution is 2.63. The summed E-state index contributed by atoms with van der Waals surface area (Å²) in [6, 6.07) is 80.7. The van der Waals surface area contributed by atoms with Crippen molar-refractivity contribution in [2.45, 2.75) is 15.2 Å². The summed E-state index contributed by atoms with van der Waals surface area (Å²) in [5.41, 5.74) is 17.6. The lowest BCUT2D eigenvalue weighted by molar-refractivity contribution is 0.726. The summed E-state index contributed by atoms with van der Waals surface area (Å²) in [7, 11) is 0. The molecule has 0 atom stereocenters. The Kier molecular flexibility index (Phi) is 8.37. The van der Waals surface area contributed by atoms with Gasteiger partial charge in [0.1, 0.15) is 0 Å². The third-order valence-electron chi connectivity index (χ3n) is 13.2. The first-order valence-electron chi connectivity index (χ1n) is 21.8. The van der Waals surface area contributed by atoms with Gasteiger partial charge in [-0.2, -0.15) is 0 Å². The average molecular weight is 832 g/mol. The molecule has 1 spiro atoms. The summed E-state index contributed by atoms with van der Waals surface area (Å²) in [5.74, 6) is 0.693. The molecule has 0 N–H and O–H groups in total. The smallest absolute Gasteiger partial charge is 0.160 e. The van der Waals surface area contributed by atoms with Gasteiger partial charge < -0.3 is 0 Å². The van der Waals surface area contributed by atoms with E-state index in [2.05, 4.69) is 206 Å². The van der Waals surface area contributed by atoms with Gasteiger partial charge in [-0.15, -0.1) is 0 Å². The lowest BCUT2D eigenvalue weighted by Crippen LogP contribution is -2.32. The number of aromatic nitrogens is 3. The van der Waals surface area contributed by atoms with Crippen molar-refractivity contribution in [2.24, 2.45) is 0 Å². The number of rotatable bonds is 5. The largest absolute Gasteiger partial charge is 0.247 e. The maximum Gasteiger partial charge on any atom is 0.160 e. The van der Waals surface area contributed by atoms with Crippen LogP contribution in [0.3, 0.4) is 0 Å². The van der Waals surface area contributed by atoms with Gasteiger partial charge in [-0.05, 0) is 68.8 Å². The van der Waals surface area contributed by atoms with E-state index >= 15 is 0 Å². The summed E-state index contributed by atoms with van der Waals surface area (Å²) in [6.07, 6.45) is 0. The van der Waals surface area contributed by atoms with E-state index in [0.717, 1.165) is 61.2 Å². The van der Waals surface area contributed by atoms with Crippen molar-refractivity contribution in [1.29, 1.82) is 0 Å². The molecule has 13 rings (SSSR count). The van der Waals surface area contributed by atoms with E-state index < -0.39 is 5.41 Å². The topological polar surface area (TPSA) is 38.7 Å². The number of benzene rings is 9. The zero-order valence-electron chi connectivity index (χ0n) is 34.6. The van der Waals surface area contributed by atoms with Crippen LogP contribution in [0, 0.1) is 0 Å². The minimum Gasteiger partial charge on any atom is -0.247 e. The molecule has 0 saturated carbocycles. The zero-order valence-corrected chi connectivity index (χ0v) is 35.4. The van der Waals surface area contributed by atoms with Gasteiger partial charge in [-0.3, -0.25) is 0 Å². The SMILES string of the molecule is c1ccc(-c2cccc(-c3cc(-c4ccc(-c5nc6ccccc6c6c7c(ccc56)C5(c6ccccc6S7)c6ccccc6-c6ccccc65)cc4)nc(-c4ccccc4)n3)c2)cc1. The van der Waals surface area contributed by atoms with Crippen molar-refractivity contribution < 1.29 is 0 Å². The van der Waals surface area contributed by atoms with Gasteiger partial charge in [0, 0.05) is 48.2 Å². The van der Waals surface area contributed by atoms with Gasteiger partial charge in [-0.1, -0.05) is 212 Å². The number of para-hydroxylation sites is 1. The highest BCUT2D eigenvalue weighted by Gasteiger charge is 2.50. The van der Waals surface area contributed by atoms with Crippen LogP contribution in [-0.2, 0) is 5.41 Å². The molecule has 1 aliphatic heterocycles. The maximum atomic E-state index is 5.44. The van der Waals surface area contributed by atoms with Crippen molar-refractivity contribution in [3.05, 3.63) is 247 Å². The summed E-state index contributed by atoms with van der Waals surface area (Å²) in [6.45, 7) is 0. The lowest BCUT2D eigenvalue weighted by atomic mass is 9.67. The zero-order chi connectivity index (χ0) is 42.2. The van der Waals surface area contributed by atoms with Crippen molar-refractivity contribution in [2.75, 3.05) is 0 Å². The Bertz CT molecular complexity index is 3590. The molecule has 0 saturated heterocycles. The first-order chi connectivity index (χ1) is 31.7. The van der Waals surface area contributed by atoms with Gasteiger partial charge in [-0.25, -0.2) is 15.0 Å². The van der Waals surface area contributed by atoms with E-state index in [4.69, 9.17) is 15.0 Å². The Hall–Kier alpha value is -7.92. The lowest BCUT2D eigenvalue weighted by Gasteiger charge is -2.40. The van der Waals surface area contributed by atoms with Crippen molar-refractivity contribution in [3.8, 4) is 67.4 Å². The van der Waals surface area contributed by atoms with Crippen LogP contribution in [0.25, 0.3) is 89.1 Å². The third kappa shape index (κ3) is 5.59. The Balaban J connectivity index is 0.981. The predicted octanol–water partition coefficient (Wildman–Crippen LogP) is 15.3. The van der Waals surface area contributed by atoms with E-state index in [0.29, 0.717) is 5.82 Å². The number of pyridine rings is 1. The van der Waals surface area contributed by atoms with Gasteiger partial charge in [0.25, 0.3) is 0 Å². The number of nitrogens with zero attached hydrogens (tertiary/aromatic N) is 3. The van der Waals surface area contributed by atoms with E-state index in [9.17, 15) is 0 Å². The molecule has 64 heavy (non-hydrogen) atoms. The van der Waals surface area contributed by atoms with Crippen LogP contribution in [-0.4, -0.2) is 15.0 Å². The first kappa shape index (κ1) is 36.7. The van der Waals surface area contributed by atoms with E-state index in [-0.39, 0.29) is 0 Å². The fourth-order valence-corrected chi connectivity index (χ4v) is 11.7. The molecule has 2 aromatic heterocycles. The average Bonchev–Trinajstić information content (AvgIpc) is 3.67. The van der Waals surface area contributed by atoms with Crippen molar-refractivity contribution >= 4 is 33.4 Å². The van der Waals surface area contributed by atoms with Gasteiger partial charge in [0.15, 0.2) is 5.82 Å². The van der Waals surface area contributed by atoms with Gasteiger partial charge in [0.05, 0.1) is 28.0 Å². The minimum absolute atomic E-state index is 0.456. The van der Waals surface area contributed by atoms with E-state index in [1.54, 1.807) is 0 Å². The summed E-state index contributed by atoms with van der Waals surface area (Å²) in [4.78, 5) is 18.3. The molecule has 298 valence electrons. The second-order valence-corrected chi connectivity index (χ2v) is 17.7. The Morgan fingerprint density at radius 3 is 1.67 bits per heavy atom. The fourth-order valence-electron chi connectivity index (χ4n) is 10.3. The predicted molar refractivity (Wildman–Crippen MR) is 263 cm³/mol. The number of hydrogen-bond donors (Lipinski definition) is 0. The fraction of sp³-hybridized carbons (Fsp3) is 0.0167. The highest BCUT2D eigenvalue weighted by atomic mass is 32.2. The molecule has 3 nitrogen and oxygen atoms in total. The van der Waals surface area contributed by atoms with Crippen LogP contribution in [0.4, 0.5) is 0 Å². The minimum atomic E-state index is -0.456. The molecule has 0 amide bonds. The van der Waals surface area contributed by atoms with Crippen LogP contribution < -0.4 is 0 Å². The van der Waals surface area contributed by atoms with Gasteiger partial charge in [0.2, 0.25) is 0 Å². The van der Waals surface area contributed by atoms with Crippen LogP contribution in [0.1, 0.15) is 22.3 Å². The normalized spacial score (nSPS) is 13.1. The Morgan fingerprint density at radius 1 is 0.344 bits per heavy atom. The molecule has 11 aromatic rings. The highest BCUT2D eigenvalue weighted by molar-refractivity contribution is 7.99. The third-order valence-corrected chi connectivity index (χ3v) is 14.4. The van der Waals surface area contributed by atoms with Crippen molar-refractivity contribution in [1.82, 2.24) is 15.0 Å². The molecular weight excluding hydrogens is 795 g/mol. The van der Waals surface area contributed by atoms with Crippen LogP contribution in [0.2, 0.25) is 0 Å². The van der Waals surface area contributed by atoms with E-state index in [1.165, 1.54) is 54.1 Å². The van der Waals surface area contributed by atoms with Crippen LogP contribution in [0.5, 0.6) is 0 Å². The summed E-state index contributed by atoms with van der Waals surface area (Å²) in [5, 5.41) is 3.55. The molecule has 0 fully saturated rings. The number of hydrogen-bond acceptors (Lipinski definition) is 4. The van der Waals surface area contributed by atoms with Gasteiger partial charge >= 0.3 is 0 Å². The molecule has 4 heteroatoms. The Morgan fingerprint density at radius 2 is 0.922 bits per heavy atom. The van der Waals surface area contributed by atoms with Crippen LogP contribution in [0.15, 0.2) is 234 Å². The maximum absolute atomic E-state index is 5.44. The molecule has 3 heterocycles. The quantitative estimate of drug-likeness (QED) is 0.162. The molecule has 0 radical (unpaired) electrons. The molecule has 0 bridgehead atoms.